The molecule has 0 aliphatic carbocycles. The largest absolute Gasteiger partial charge is 0.380 e. The van der Waals surface area contributed by atoms with Crippen molar-refractivity contribution in [2.45, 2.75) is 23.8 Å². The molecule has 5 nitrogen and oxygen atoms in total. The molecule has 2 heterocycles. The molecule has 2 saturated heterocycles. The minimum absolute atomic E-state index is 0.391. The Bertz CT molecular complexity index is 556. The Kier molecular flexibility index (Phi) is 4.59. The van der Waals surface area contributed by atoms with Crippen LogP contribution < -0.4 is 0 Å². The lowest BCUT2D eigenvalue weighted by Crippen LogP contribution is -2.39. The van der Waals surface area contributed by atoms with E-state index in [1.54, 1.807) is 28.6 Å². The lowest BCUT2D eigenvalue weighted by Gasteiger charge is -2.26. The Morgan fingerprint density at radius 2 is 1.86 bits per heavy atom. The monoisotopic (exact) mass is 310 g/mol. The van der Waals surface area contributed by atoms with Crippen LogP contribution in [-0.2, 0) is 14.8 Å². The maximum Gasteiger partial charge on any atom is 0.243 e. The topological polar surface area (TPSA) is 49.9 Å². The summed E-state index contributed by atoms with van der Waals surface area (Å²) in [4.78, 5) is 2.77. The first-order valence-electron chi connectivity index (χ1n) is 7.55. The van der Waals surface area contributed by atoms with Gasteiger partial charge in [-0.1, -0.05) is 18.2 Å². The lowest BCUT2D eigenvalue weighted by molar-refractivity contribution is 0.147. The molecular weight excluding hydrogens is 288 g/mol. The van der Waals surface area contributed by atoms with Crippen molar-refractivity contribution in [3.63, 3.8) is 0 Å². The first-order valence-corrected chi connectivity index (χ1v) is 8.99. The van der Waals surface area contributed by atoms with Gasteiger partial charge in [0.25, 0.3) is 0 Å². The van der Waals surface area contributed by atoms with E-state index in [4.69, 9.17) is 4.74 Å². The third kappa shape index (κ3) is 3.29. The molecule has 0 radical (unpaired) electrons. The maximum absolute atomic E-state index is 12.7. The van der Waals surface area contributed by atoms with Crippen LogP contribution in [0.15, 0.2) is 35.2 Å². The van der Waals surface area contributed by atoms with E-state index in [9.17, 15) is 8.42 Å². The normalized spacial score (nSPS) is 25.8. The van der Waals surface area contributed by atoms with Crippen LogP contribution in [-0.4, -0.2) is 63.1 Å². The molecule has 1 atom stereocenters. The van der Waals surface area contributed by atoms with Gasteiger partial charge in [-0.3, -0.25) is 4.90 Å². The van der Waals surface area contributed by atoms with Gasteiger partial charge in [0.1, 0.15) is 0 Å². The number of nitrogens with zero attached hydrogens (tertiary/aromatic N) is 2. The minimum Gasteiger partial charge on any atom is -0.380 e. The predicted octanol–water partition coefficient (Wildman–Crippen LogP) is 1.17. The van der Waals surface area contributed by atoms with Crippen LogP contribution in [0, 0.1) is 0 Å². The molecule has 0 saturated carbocycles. The number of hydrogen-bond acceptors (Lipinski definition) is 4. The molecule has 1 aromatic carbocycles. The quantitative estimate of drug-likeness (QED) is 0.841. The number of rotatable bonds is 3. The van der Waals surface area contributed by atoms with Crippen LogP contribution in [0.25, 0.3) is 0 Å². The summed E-state index contributed by atoms with van der Waals surface area (Å²) in [6, 6.07) is 9.18. The standard InChI is InChI=1S/C15H22N2O3S/c18-21(19,15-5-2-1-3-6-15)17-9-4-8-16(10-11-17)14-7-12-20-13-14/h1-3,5-6,14H,4,7-13H2. The molecule has 2 aliphatic rings. The molecular formula is C15H22N2O3S. The second-order valence-electron chi connectivity index (χ2n) is 5.62. The minimum atomic E-state index is -3.36. The van der Waals surface area contributed by atoms with E-state index in [1.807, 2.05) is 6.07 Å². The van der Waals surface area contributed by atoms with Gasteiger partial charge < -0.3 is 4.74 Å². The van der Waals surface area contributed by atoms with E-state index in [-0.39, 0.29) is 0 Å². The average Bonchev–Trinajstić information content (AvgIpc) is 2.92. The SMILES string of the molecule is O=S(=O)(c1ccccc1)N1CCCN(C2CCOC2)CC1. The van der Waals surface area contributed by atoms with Gasteiger partial charge in [-0.15, -0.1) is 0 Å². The lowest BCUT2D eigenvalue weighted by atomic mass is 10.2. The zero-order valence-electron chi connectivity index (χ0n) is 12.1. The molecule has 2 fully saturated rings. The second kappa shape index (κ2) is 6.44. The Hall–Kier alpha value is -0.950. The molecule has 6 heteroatoms. The molecule has 116 valence electrons. The molecule has 0 spiro atoms. The zero-order chi connectivity index (χ0) is 14.7. The van der Waals surface area contributed by atoms with Crippen LogP contribution in [0.1, 0.15) is 12.8 Å². The summed E-state index contributed by atoms with van der Waals surface area (Å²) in [7, 11) is -3.36. The maximum atomic E-state index is 12.7. The van der Waals surface area contributed by atoms with E-state index in [2.05, 4.69) is 4.90 Å². The highest BCUT2D eigenvalue weighted by atomic mass is 32.2. The molecule has 2 aliphatic heterocycles. The number of ether oxygens (including phenoxy) is 1. The summed E-state index contributed by atoms with van der Waals surface area (Å²) >= 11 is 0. The second-order valence-corrected chi connectivity index (χ2v) is 7.56. The van der Waals surface area contributed by atoms with Crippen molar-refractivity contribution in [3.8, 4) is 0 Å². The van der Waals surface area contributed by atoms with Crippen molar-refractivity contribution >= 4 is 10.0 Å². The zero-order valence-corrected chi connectivity index (χ0v) is 13.0. The van der Waals surface area contributed by atoms with E-state index < -0.39 is 10.0 Å². The summed E-state index contributed by atoms with van der Waals surface area (Å²) in [6.07, 6.45) is 1.94. The molecule has 1 unspecified atom stereocenters. The van der Waals surface area contributed by atoms with Gasteiger partial charge in [0, 0.05) is 32.3 Å². The predicted molar refractivity (Wildman–Crippen MR) is 80.6 cm³/mol. The summed E-state index contributed by atoms with van der Waals surface area (Å²) in [5.74, 6) is 0. The molecule has 21 heavy (non-hydrogen) atoms. The van der Waals surface area contributed by atoms with Crippen LogP contribution in [0.5, 0.6) is 0 Å². The highest BCUT2D eigenvalue weighted by molar-refractivity contribution is 7.89. The van der Waals surface area contributed by atoms with Gasteiger partial charge >= 0.3 is 0 Å². The van der Waals surface area contributed by atoms with Crippen LogP contribution in [0.3, 0.4) is 0 Å². The summed E-state index contributed by atoms with van der Waals surface area (Å²) in [6.45, 7) is 4.52. The van der Waals surface area contributed by atoms with Gasteiger partial charge in [0.15, 0.2) is 0 Å². The van der Waals surface area contributed by atoms with Crippen LogP contribution >= 0.6 is 0 Å². The third-order valence-electron chi connectivity index (χ3n) is 4.29. The molecule has 0 aromatic heterocycles. The third-order valence-corrected chi connectivity index (χ3v) is 6.21. The van der Waals surface area contributed by atoms with E-state index >= 15 is 0 Å². The molecule has 0 amide bonds. The molecule has 0 N–H and O–H groups in total. The van der Waals surface area contributed by atoms with Crippen molar-refractivity contribution in [1.82, 2.24) is 9.21 Å². The molecule has 3 rings (SSSR count). The highest BCUT2D eigenvalue weighted by Crippen LogP contribution is 2.20. The highest BCUT2D eigenvalue weighted by Gasteiger charge is 2.30. The first kappa shape index (κ1) is 15.0. The van der Waals surface area contributed by atoms with Gasteiger partial charge in [-0.2, -0.15) is 4.31 Å². The number of sulfonamides is 1. The van der Waals surface area contributed by atoms with Crippen molar-refractivity contribution in [2.24, 2.45) is 0 Å². The molecule has 1 aromatic rings. The summed E-state index contributed by atoms with van der Waals surface area (Å²) in [5.41, 5.74) is 0. The fourth-order valence-corrected chi connectivity index (χ4v) is 4.56. The summed E-state index contributed by atoms with van der Waals surface area (Å²) < 4.78 is 32.4. The van der Waals surface area contributed by atoms with Gasteiger partial charge in [-0.05, 0) is 31.5 Å². The smallest absolute Gasteiger partial charge is 0.243 e. The van der Waals surface area contributed by atoms with Crippen molar-refractivity contribution in [1.29, 1.82) is 0 Å². The van der Waals surface area contributed by atoms with Crippen LogP contribution in [0.2, 0.25) is 0 Å². The molecule has 0 bridgehead atoms. The van der Waals surface area contributed by atoms with Gasteiger partial charge in [0.05, 0.1) is 11.5 Å². The fraction of sp³-hybridized carbons (Fsp3) is 0.600. The first-order chi connectivity index (χ1) is 10.2. The Labute approximate surface area is 126 Å². The van der Waals surface area contributed by atoms with E-state index in [0.29, 0.717) is 24.0 Å². The summed E-state index contributed by atoms with van der Waals surface area (Å²) in [5, 5.41) is 0. The average molecular weight is 310 g/mol. The van der Waals surface area contributed by atoms with Crippen molar-refractivity contribution < 1.29 is 13.2 Å². The Morgan fingerprint density at radius 1 is 1.05 bits per heavy atom. The Morgan fingerprint density at radius 3 is 2.57 bits per heavy atom. The Balaban J connectivity index is 1.70. The van der Waals surface area contributed by atoms with Crippen molar-refractivity contribution in [2.75, 3.05) is 39.4 Å². The van der Waals surface area contributed by atoms with Gasteiger partial charge in [0.2, 0.25) is 10.0 Å². The van der Waals surface area contributed by atoms with Crippen LogP contribution in [0.4, 0.5) is 0 Å². The van der Waals surface area contributed by atoms with Crippen molar-refractivity contribution in [3.05, 3.63) is 30.3 Å². The van der Waals surface area contributed by atoms with Gasteiger partial charge in [-0.25, -0.2) is 8.42 Å². The van der Waals surface area contributed by atoms with E-state index in [0.717, 1.165) is 39.1 Å². The fourth-order valence-electron chi connectivity index (χ4n) is 3.07. The number of hydrogen-bond donors (Lipinski definition) is 0. The van der Waals surface area contributed by atoms with E-state index in [1.165, 1.54) is 0 Å². The number of benzene rings is 1.